The zero-order valence-electron chi connectivity index (χ0n) is 16.3. The van der Waals surface area contributed by atoms with Gasteiger partial charge in [0.1, 0.15) is 12.4 Å². The first-order valence-electron chi connectivity index (χ1n) is 9.27. The normalized spacial score (nSPS) is 10.5. The SMILES string of the molecule is CC(=O)N(CCNC(=O)CC(C)C)c1ccc(OCc2ccccc2)cc1. The van der Waals surface area contributed by atoms with E-state index in [1.165, 1.54) is 6.92 Å². The van der Waals surface area contributed by atoms with Crippen LogP contribution in [0.15, 0.2) is 54.6 Å². The van der Waals surface area contributed by atoms with Crippen LogP contribution in [0.3, 0.4) is 0 Å². The molecule has 2 aromatic rings. The molecule has 0 unspecified atom stereocenters. The molecule has 0 saturated carbocycles. The van der Waals surface area contributed by atoms with Crippen molar-refractivity contribution in [1.29, 1.82) is 0 Å². The van der Waals surface area contributed by atoms with Crippen molar-refractivity contribution >= 4 is 17.5 Å². The van der Waals surface area contributed by atoms with Crippen molar-refractivity contribution in [1.82, 2.24) is 5.32 Å². The van der Waals surface area contributed by atoms with Crippen molar-refractivity contribution in [3.8, 4) is 5.75 Å². The molecule has 144 valence electrons. The van der Waals surface area contributed by atoms with Crippen LogP contribution in [0.5, 0.6) is 5.75 Å². The van der Waals surface area contributed by atoms with Gasteiger partial charge in [-0.2, -0.15) is 0 Å². The van der Waals surface area contributed by atoms with Gasteiger partial charge in [0.2, 0.25) is 11.8 Å². The summed E-state index contributed by atoms with van der Waals surface area (Å²) in [4.78, 5) is 25.4. The summed E-state index contributed by atoms with van der Waals surface area (Å²) in [6.07, 6.45) is 0.494. The van der Waals surface area contributed by atoms with Gasteiger partial charge in [-0.3, -0.25) is 9.59 Å². The fraction of sp³-hybridized carbons (Fsp3) is 0.364. The van der Waals surface area contributed by atoms with Crippen molar-refractivity contribution in [2.75, 3.05) is 18.0 Å². The average Bonchev–Trinajstić information content (AvgIpc) is 2.64. The van der Waals surface area contributed by atoms with E-state index in [-0.39, 0.29) is 11.8 Å². The molecule has 0 aliphatic carbocycles. The topological polar surface area (TPSA) is 58.6 Å². The van der Waals surface area contributed by atoms with Crippen LogP contribution in [0.1, 0.15) is 32.8 Å². The Morgan fingerprint density at radius 2 is 1.70 bits per heavy atom. The molecule has 27 heavy (non-hydrogen) atoms. The van der Waals surface area contributed by atoms with Gasteiger partial charge < -0.3 is 15.0 Å². The molecular formula is C22H28N2O3. The van der Waals surface area contributed by atoms with Crippen LogP contribution in [0, 0.1) is 5.92 Å². The molecule has 1 N–H and O–H groups in total. The number of anilines is 1. The van der Waals surface area contributed by atoms with Crippen LogP contribution in [-0.4, -0.2) is 24.9 Å². The summed E-state index contributed by atoms with van der Waals surface area (Å²) in [5, 5.41) is 2.86. The fourth-order valence-corrected chi connectivity index (χ4v) is 2.68. The maximum absolute atomic E-state index is 12.0. The number of carbonyl (C=O) groups excluding carboxylic acids is 2. The second kappa shape index (κ2) is 10.4. The molecule has 0 bridgehead atoms. The van der Waals surface area contributed by atoms with E-state index in [1.807, 2.05) is 68.4 Å². The van der Waals surface area contributed by atoms with Gasteiger partial charge in [-0.15, -0.1) is 0 Å². The lowest BCUT2D eigenvalue weighted by Crippen LogP contribution is -2.37. The third-order valence-electron chi connectivity index (χ3n) is 4.03. The Morgan fingerprint density at radius 1 is 1.04 bits per heavy atom. The molecule has 2 aromatic carbocycles. The molecule has 0 saturated heterocycles. The van der Waals surface area contributed by atoms with E-state index in [2.05, 4.69) is 5.32 Å². The van der Waals surface area contributed by atoms with Gasteiger partial charge in [0.25, 0.3) is 0 Å². The maximum Gasteiger partial charge on any atom is 0.223 e. The number of hydrogen-bond donors (Lipinski definition) is 1. The Labute approximate surface area is 161 Å². The molecule has 0 atom stereocenters. The average molecular weight is 368 g/mol. The Kier molecular flexibility index (Phi) is 7.86. The van der Waals surface area contributed by atoms with E-state index in [1.54, 1.807) is 4.90 Å². The number of carbonyl (C=O) groups is 2. The monoisotopic (exact) mass is 368 g/mol. The van der Waals surface area contributed by atoms with Crippen LogP contribution in [0.25, 0.3) is 0 Å². The third kappa shape index (κ3) is 7.13. The van der Waals surface area contributed by atoms with Gasteiger partial charge in [0.15, 0.2) is 0 Å². The van der Waals surface area contributed by atoms with Crippen molar-refractivity contribution in [2.24, 2.45) is 5.92 Å². The van der Waals surface area contributed by atoms with Crippen molar-refractivity contribution in [2.45, 2.75) is 33.8 Å². The minimum Gasteiger partial charge on any atom is -0.489 e. The maximum atomic E-state index is 12.0. The Morgan fingerprint density at radius 3 is 2.30 bits per heavy atom. The van der Waals surface area contributed by atoms with Gasteiger partial charge in [0, 0.05) is 32.1 Å². The number of benzene rings is 2. The molecular weight excluding hydrogens is 340 g/mol. The van der Waals surface area contributed by atoms with Crippen molar-refractivity contribution in [3.05, 3.63) is 60.2 Å². The Balaban J connectivity index is 1.89. The summed E-state index contributed by atoms with van der Waals surface area (Å²) in [7, 11) is 0. The minimum atomic E-state index is -0.0638. The van der Waals surface area contributed by atoms with Crippen LogP contribution in [0.2, 0.25) is 0 Å². The van der Waals surface area contributed by atoms with Gasteiger partial charge in [-0.05, 0) is 35.7 Å². The highest BCUT2D eigenvalue weighted by atomic mass is 16.5. The van der Waals surface area contributed by atoms with Gasteiger partial charge >= 0.3 is 0 Å². The first kappa shape index (κ1) is 20.5. The van der Waals surface area contributed by atoms with E-state index >= 15 is 0 Å². The summed E-state index contributed by atoms with van der Waals surface area (Å²) in [5.41, 5.74) is 1.89. The largest absolute Gasteiger partial charge is 0.489 e. The molecule has 0 radical (unpaired) electrons. The first-order valence-corrected chi connectivity index (χ1v) is 9.27. The molecule has 0 aliphatic rings. The molecule has 0 fully saturated rings. The Hall–Kier alpha value is -2.82. The fourth-order valence-electron chi connectivity index (χ4n) is 2.68. The van der Waals surface area contributed by atoms with E-state index < -0.39 is 0 Å². The second-order valence-electron chi connectivity index (χ2n) is 6.89. The molecule has 0 aliphatic heterocycles. The van der Waals surface area contributed by atoms with E-state index in [9.17, 15) is 9.59 Å². The quantitative estimate of drug-likeness (QED) is 0.733. The van der Waals surface area contributed by atoms with Crippen molar-refractivity contribution < 1.29 is 14.3 Å². The standard InChI is InChI=1S/C22H28N2O3/c1-17(2)15-22(26)23-13-14-24(18(3)25)20-9-11-21(12-10-20)27-16-19-7-5-4-6-8-19/h4-12,17H,13-16H2,1-3H3,(H,23,26). The first-order chi connectivity index (χ1) is 13.0. The minimum absolute atomic E-state index is 0.0122. The summed E-state index contributed by atoms with van der Waals surface area (Å²) >= 11 is 0. The van der Waals surface area contributed by atoms with E-state index in [0.29, 0.717) is 32.0 Å². The summed E-state index contributed by atoms with van der Waals surface area (Å²) in [6.45, 7) is 6.89. The van der Waals surface area contributed by atoms with Crippen LogP contribution < -0.4 is 15.0 Å². The van der Waals surface area contributed by atoms with Gasteiger partial charge in [-0.25, -0.2) is 0 Å². The lowest BCUT2D eigenvalue weighted by Gasteiger charge is -2.22. The zero-order valence-corrected chi connectivity index (χ0v) is 16.3. The van der Waals surface area contributed by atoms with Gasteiger partial charge in [0.05, 0.1) is 0 Å². The number of ether oxygens (including phenoxy) is 1. The van der Waals surface area contributed by atoms with Gasteiger partial charge in [-0.1, -0.05) is 44.2 Å². The number of amides is 2. The highest BCUT2D eigenvalue weighted by Gasteiger charge is 2.12. The number of hydrogen-bond acceptors (Lipinski definition) is 3. The molecule has 0 spiro atoms. The number of nitrogens with zero attached hydrogens (tertiary/aromatic N) is 1. The highest BCUT2D eigenvalue weighted by molar-refractivity contribution is 5.91. The number of rotatable bonds is 9. The third-order valence-corrected chi connectivity index (χ3v) is 4.03. The van der Waals surface area contributed by atoms with Crippen LogP contribution >= 0.6 is 0 Å². The molecule has 2 amide bonds. The highest BCUT2D eigenvalue weighted by Crippen LogP contribution is 2.20. The van der Waals surface area contributed by atoms with E-state index in [4.69, 9.17) is 4.74 Å². The number of nitrogens with one attached hydrogen (secondary N) is 1. The second-order valence-corrected chi connectivity index (χ2v) is 6.89. The summed E-state index contributed by atoms with van der Waals surface area (Å²) in [5.74, 6) is 1.01. The van der Waals surface area contributed by atoms with Crippen molar-refractivity contribution in [3.63, 3.8) is 0 Å². The molecule has 5 heteroatoms. The molecule has 0 heterocycles. The van der Waals surface area contributed by atoms with Crippen LogP contribution in [0.4, 0.5) is 5.69 Å². The molecule has 5 nitrogen and oxygen atoms in total. The van der Waals surface area contributed by atoms with E-state index in [0.717, 1.165) is 17.0 Å². The van der Waals surface area contributed by atoms with Crippen LogP contribution in [-0.2, 0) is 16.2 Å². The summed E-state index contributed by atoms with van der Waals surface area (Å²) < 4.78 is 5.78. The Bertz CT molecular complexity index is 727. The predicted molar refractivity (Wildman–Crippen MR) is 108 cm³/mol. The molecule has 0 aromatic heterocycles. The molecule has 2 rings (SSSR count). The predicted octanol–water partition coefficient (Wildman–Crippen LogP) is 3.78. The lowest BCUT2D eigenvalue weighted by molar-refractivity contribution is -0.122. The smallest absolute Gasteiger partial charge is 0.223 e. The lowest BCUT2D eigenvalue weighted by atomic mass is 10.1. The zero-order chi connectivity index (χ0) is 19.6. The summed E-state index contributed by atoms with van der Waals surface area (Å²) in [6, 6.07) is 17.4.